The number of nitriles is 1. The van der Waals surface area contributed by atoms with Gasteiger partial charge >= 0.3 is 0 Å². The number of para-hydroxylation sites is 2. The van der Waals surface area contributed by atoms with Crippen LogP contribution in [0.2, 0.25) is 0 Å². The summed E-state index contributed by atoms with van der Waals surface area (Å²) in [7, 11) is 0. The van der Waals surface area contributed by atoms with E-state index in [1.807, 2.05) is 36.4 Å². The lowest BCUT2D eigenvalue weighted by Gasteiger charge is -2.28. The van der Waals surface area contributed by atoms with Gasteiger partial charge in [0.1, 0.15) is 11.6 Å². The predicted octanol–water partition coefficient (Wildman–Crippen LogP) is 13.9. The summed E-state index contributed by atoms with van der Waals surface area (Å²) in [6.07, 6.45) is 0. The van der Waals surface area contributed by atoms with Crippen LogP contribution in [-0.2, 0) is 21.7 Å². The molecule has 0 aliphatic rings. The monoisotopic (exact) mass is 764 g/mol. The number of imidazole rings is 1. The number of hydrogen-bond donors (Lipinski definition) is 1. The SMILES string of the molecule is CC(C)(C)c1cc(-c2cc(C#N)cc(-c3nc4ccccc4n3-c3ccc(C(C)(C)C)cc3-c3ccccc3)c2)nc(-c2cc(C(C)(C)C)cc(C(C)(C)C)c2O)c1. The average molecular weight is 765 g/mol. The molecule has 0 atom stereocenters. The Balaban J connectivity index is 1.50. The van der Waals surface area contributed by atoms with Crippen LogP contribution >= 0.6 is 0 Å². The first-order valence-electron chi connectivity index (χ1n) is 20.3. The zero-order valence-corrected chi connectivity index (χ0v) is 36.2. The lowest BCUT2D eigenvalue weighted by atomic mass is 9.78. The minimum absolute atomic E-state index is 0.0511. The highest BCUT2D eigenvalue weighted by atomic mass is 16.3. The fraction of sp³-hybridized carbons (Fsp3) is 0.302. The summed E-state index contributed by atoms with van der Waals surface area (Å²) in [6.45, 7) is 26.3. The molecule has 0 aliphatic carbocycles. The van der Waals surface area contributed by atoms with Crippen LogP contribution in [0.3, 0.4) is 0 Å². The molecule has 0 amide bonds. The van der Waals surface area contributed by atoms with Crippen molar-refractivity contribution in [1.29, 1.82) is 5.26 Å². The van der Waals surface area contributed by atoms with Crippen molar-refractivity contribution < 1.29 is 5.11 Å². The molecular weight excluding hydrogens is 709 g/mol. The lowest BCUT2D eigenvalue weighted by Crippen LogP contribution is -2.17. The van der Waals surface area contributed by atoms with Crippen LogP contribution in [0.1, 0.15) is 111 Å². The quantitative estimate of drug-likeness (QED) is 0.189. The largest absolute Gasteiger partial charge is 0.507 e. The molecule has 0 spiro atoms. The third kappa shape index (κ3) is 7.81. The highest BCUT2D eigenvalue weighted by Gasteiger charge is 2.28. The molecule has 294 valence electrons. The molecule has 0 unspecified atom stereocenters. The van der Waals surface area contributed by atoms with E-state index in [9.17, 15) is 10.4 Å². The van der Waals surface area contributed by atoms with Crippen LogP contribution in [0.15, 0.2) is 115 Å². The Labute approximate surface area is 345 Å². The normalized spacial score (nSPS) is 12.5. The highest BCUT2D eigenvalue weighted by molar-refractivity contribution is 5.88. The first kappa shape index (κ1) is 40.2. The number of nitrogens with zero attached hydrogens (tertiary/aromatic N) is 4. The molecule has 2 heterocycles. The van der Waals surface area contributed by atoms with Gasteiger partial charge in [-0.15, -0.1) is 0 Å². The summed E-state index contributed by atoms with van der Waals surface area (Å²) in [5.74, 6) is 0.981. The average Bonchev–Trinajstić information content (AvgIpc) is 3.55. The summed E-state index contributed by atoms with van der Waals surface area (Å²) in [4.78, 5) is 10.6. The van der Waals surface area contributed by atoms with Gasteiger partial charge in [0.2, 0.25) is 0 Å². The second-order valence-corrected chi connectivity index (χ2v) is 19.8. The van der Waals surface area contributed by atoms with Crippen LogP contribution in [0.4, 0.5) is 0 Å². The zero-order chi connectivity index (χ0) is 41.9. The maximum absolute atomic E-state index is 12.0. The maximum atomic E-state index is 12.0. The van der Waals surface area contributed by atoms with Gasteiger partial charge in [-0.25, -0.2) is 9.97 Å². The van der Waals surface area contributed by atoms with E-state index < -0.39 is 0 Å². The van der Waals surface area contributed by atoms with Crippen molar-refractivity contribution in [2.45, 2.75) is 105 Å². The highest BCUT2D eigenvalue weighted by Crippen LogP contribution is 2.44. The van der Waals surface area contributed by atoms with Gasteiger partial charge in [-0.2, -0.15) is 5.26 Å². The Morgan fingerprint density at radius 2 is 1.10 bits per heavy atom. The maximum Gasteiger partial charge on any atom is 0.145 e. The van der Waals surface area contributed by atoms with Crippen LogP contribution in [-0.4, -0.2) is 19.6 Å². The van der Waals surface area contributed by atoms with E-state index in [0.29, 0.717) is 16.8 Å². The number of aromatic hydroxyl groups is 1. The van der Waals surface area contributed by atoms with Crippen molar-refractivity contribution >= 4 is 11.0 Å². The first-order chi connectivity index (χ1) is 27.1. The zero-order valence-electron chi connectivity index (χ0n) is 36.2. The van der Waals surface area contributed by atoms with Gasteiger partial charge in [0, 0.05) is 27.8 Å². The first-order valence-corrected chi connectivity index (χ1v) is 20.3. The molecule has 7 rings (SSSR count). The summed E-state index contributed by atoms with van der Waals surface area (Å²) in [5, 5.41) is 22.5. The third-order valence-corrected chi connectivity index (χ3v) is 11.1. The summed E-state index contributed by atoms with van der Waals surface area (Å²) in [5.41, 5.74) is 12.9. The van der Waals surface area contributed by atoms with E-state index in [1.165, 1.54) is 5.56 Å². The van der Waals surface area contributed by atoms with E-state index in [-0.39, 0.29) is 27.4 Å². The fourth-order valence-corrected chi connectivity index (χ4v) is 7.56. The standard InChI is InChI=1S/C53H56N4O/c1-50(2,3)37-22-23-46(40(27-37)34-18-14-13-15-19-34)57-47-21-17-16-20-43(47)56-49(57)36-25-33(32-54)24-35(26-36)44-30-39(52(7,8)9)31-45(55-44)41-28-38(51(4,5)6)29-42(48(41)58)53(10,11)12/h13-31,58H,1-12H3. The van der Waals surface area contributed by atoms with E-state index in [4.69, 9.17) is 9.97 Å². The molecule has 58 heavy (non-hydrogen) atoms. The van der Waals surface area contributed by atoms with Gasteiger partial charge in [-0.3, -0.25) is 4.57 Å². The summed E-state index contributed by atoms with van der Waals surface area (Å²) < 4.78 is 2.23. The lowest BCUT2D eigenvalue weighted by molar-refractivity contribution is 0.446. The number of aromatic nitrogens is 3. The molecule has 0 fully saturated rings. The number of phenolic OH excluding ortho intramolecular Hbond substituents is 1. The Morgan fingerprint density at radius 3 is 1.74 bits per heavy atom. The Bertz CT molecular complexity index is 2720. The van der Waals surface area contributed by atoms with Crippen LogP contribution in [0, 0.1) is 11.3 Å². The minimum Gasteiger partial charge on any atom is -0.507 e. The molecule has 2 aromatic heterocycles. The summed E-state index contributed by atoms with van der Waals surface area (Å²) >= 11 is 0. The summed E-state index contributed by atoms with van der Waals surface area (Å²) in [6, 6.07) is 42.3. The number of pyridine rings is 1. The number of rotatable bonds is 5. The topological polar surface area (TPSA) is 74.7 Å². The van der Waals surface area contributed by atoms with Gasteiger partial charge in [-0.05, 0) is 105 Å². The van der Waals surface area contributed by atoms with Gasteiger partial charge in [-0.1, -0.05) is 138 Å². The van der Waals surface area contributed by atoms with Crippen molar-refractivity contribution in [2.75, 3.05) is 0 Å². The van der Waals surface area contributed by atoms with Crippen molar-refractivity contribution in [1.82, 2.24) is 14.5 Å². The van der Waals surface area contributed by atoms with Crippen molar-refractivity contribution in [2.24, 2.45) is 0 Å². The second-order valence-electron chi connectivity index (χ2n) is 19.8. The van der Waals surface area contributed by atoms with E-state index in [1.54, 1.807) is 0 Å². The molecule has 0 saturated heterocycles. The number of fused-ring (bicyclic) bond motifs is 1. The Morgan fingerprint density at radius 1 is 0.517 bits per heavy atom. The smallest absolute Gasteiger partial charge is 0.145 e. The molecule has 5 aromatic carbocycles. The van der Waals surface area contributed by atoms with Gasteiger partial charge in [0.25, 0.3) is 0 Å². The van der Waals surface area contributed by atoms with Crippen LogP contribution in [0.5, 0.6) is 5.75 Å². The predicted molar refractivity (Wildman–Crippen MR) is 242 cm³/mol. The Hall–Kier alpha value is -5.99. The second kappa shape index (κ2) is 14.4. The third-order valence-electron chi connectivity index (χ3n) is 11.1. The molecule has 5 nitrogen and oxygen atoms in total. The van der Waals surface area contributed by atoms with Crippen LogP contribution < -0.4 is 0 Å². The molecule has 1 N–H and O–H groups in total. The molecule has 0 saturated carbocycles. The van der Waals surface area contributed by atoms with E-state index >= 15 is 0 Å². The van der Waals surface area contributed by atoms with Gasteiger partial charge in [0.05, 0.1) is 39.7 Å². The molecule has 0 bridgehead atoms. The van der Waals surface area contributed by atoms with E-state index in [0.717, 1.165) is 67.2 Å². The van der Waals surface area contributed by atoms with Crippen molar-refractivity contribution in [3.05, 3.63) is 143 Å². The van der Waals surface area contributed by atoms with Crippen molar-refractivity contribution in [3.63, 3.8) is 0 Å². The number of benzene rings is 5. The Kier molecular flexibility index (Phi) is 10.0. The van der Waals surface area contributed by atoms with Crippen LogP contribution in [0.25, 0.3) is 61.8 Å². The van der Waals surface area contributed by atoms with E-state index in [2.05, 4.69) is 173 Å². The molecule has 0 radical (unpaired) electrons. The molecular formula is C53H56N4O. The molecule has 5 heteroatoms. The minimum atomic E-state index is -0.292. The van der Waals surface area contributed by atoms with Gasteiger partial charge < -0.3 is 5.11 Å². The fourth-order valence-electron chi connectivity index (χ4n) is 7.56. The van der Waals surface area contributed by atoms with Gasteiger partial charge in [0.15, 0.2) is 0 Å². The molecule has 7 aromatic rings. The van der Waals surface area contributed by atoms with Crippen molar-refractivity contribution in [3.8, 4) is 62.5 Å². The molecule has 0 aliphatic heterocycles. The number of hydrogen-bond acceptors (Lipinski definition) is 4. The number of phenols is 1.